The molecule has 3 N–H and O–H groups in total. The number of aryl methyl sites for hydroxylation is 2. The first-order valence-corrected chi connectivity index (χ1v) is 8.13. The van der Waals surface area contributed by atoms with Crippen LogP contribution >= 0.6 is 0 Å². The summed E-state index contributed by atoms with van der Waals surface area (Å²) in [6, 6.07) is 0. The van der Waals surface area contributed by atoms with Gasteiger partial charge in [-0.25, -0.2) is 4.99 Å². The summed E-state index contributed by atoms with van der Waals surface area (Å²) in [6.07, 6.45) is 7.30. The number of rotatable bonds is 7. The summed E-state index contributed by atoms with van der Waals surface area (Å²) in [5.41, 5.74) is 0.829. The van der Waals surface area contributed by atoms with Crippen LogP contribution in [0.1, 0.15) is 25.0 Å². The molecule has 0 bridgehead atoms. The molecular weight excluding hydrogens is 306 g/mol. The molecule has 2 heterocycles. The molecule has 0 spiro atoms. The van der Waals surface area contributed by atoms with Crippen LogP contribution in [0.3, 0.4) is 0 Å². The first kappa shape index (κ1) is 18.0. The lowest BCUT2D eigenvalue weighted by Crippen LogP contribution is -2.40. The van der Waals surface area contributed by atoms with Crippen LogP contribution in [0, 0.1) is 6.92 Å². The molecule has 0 aromatic carbocycles. The van der Waals surface area contributed by atoms with E-state index in [0.29, 0.717) is 12.5 Å². The maximum atomic E-state index is 10.6. The minimum absolute atomic E-state index is 0.245. The fourth-order valence-corrected chi connectivity index (χ4v) is 2.24. The van der Waals surface area contributed by atoms with Crippen LogP contribution in [-0.2, 0) is 19.2 Å². The normalized spacial score (nSPS) is 14.5. The third kappa shape index (κ3) is 5.09. The Hall–Kier alpha value is -2.35. The second-order valence-corrected chi connectivity index (χ2v) is 6.08. The second-order valence-electron chi connectivity index (χ2n) is 6.08. The van der Waals surface area contributed by atoms with E-state index in [-0.39, 0.29) is 6.54 Å². The van der Waals surface area contributed by atoms with Gasteiger partial charge >= 0.3 is 0 Å². The molecule has 2 rings (SSSR count). The van der Waals surface area contributed by atoms with Crippen molar-refractivity contribution in [2.45, 2.75) is 32.9 Å². The summed E-state index contributed by atoms with van der Waals surface area (Å²) in [4.78, 5) is 4.48. The fraction of sp³-hybridized carbons (Fsp3) is 0.562. The zero-order chi connectivity index (χ0) is 17.6. The van der Waals surface area contributed by atoms with Crippen molar-refractivity contribution in [2.75, 3.05) is 19.6 Å². The standard InChI is InChI=1S/C16H27N7O/c1-5-17-15(18-6-7-23-10-13(2)8-21-23)19-12-16(3,24)14-9-20-22(4)11-14/h8-11,24H,5-7,12H2,1-4H3,(H2,17,18,19). The van der Waals surface area contributed by atoms with Crippen LogP contribution in [-0.4, -0.2) is 50.3 Å². The number of aliphatic hydroxyl groups is 1. The Balaban J connectivity index is 1.91. The number of aromatic nitrogens is 4. The maximum Gasteiger partial charge on any atom is 0.191 e. The minimum Gasteiger partial charge on any atom is -0.383 e. The number of nitrogens with one attached hydrogen (secondary N) is 2. The van der Waals surface area contributed by atoms with Gasteiger partial charge in [-0.05, 0) is 26.3 Å². The van der Waals surface area contributed by atoms with Crippen molar-refractivity contribution >= 4 is 5.96 Å². The summed E-state index contributed by atoms with van der Waals surface area (Å²) in [7, 11) is 1.82. The van der Waals surface area contributed by atoms with Crippen LogP contribution in [0.2, 0.25) is 0 Å². The lowest BCUT2D eigenvalue weighted by molar-refractivity contribution is 0.0672. The van der Waals surface area contributed by atoms with Gasteiger partial charge in [0.15, 0.2) is 5.96 Å². The van der Waals surface area contributed by atoms with Crippen molar-refractivity contribution in [3.63, 3.8) is 0 Å². The number of hydrogen-bond donors (Lipinski definition) is 3. The van der Waals surface area contributed by atoms with Gasteiger partial charge in [0.25, 0.3) is 0 Å². The van der Waals surface area contributed by atoms with Crippen LogP contribution in [0.25, 0.3) is 0 Å². The van der Waals surface area contributed by atoms with Crippen molar-refractivity contribution in [1.82, 2.24) is 30.2 Å². The van der Waals surface area contributed by atoms with E-state index in [9.17, 15) is 5.11 Å². The van der Waals surface area contributed by atoms with Crippen molar-refractivity contribution in [1.29, 1.82) is 0 Å². The first-order valence-electron chi connectivity index (χ1n) is 8.13. The molecular formula is C16H27N7O. The molecule has 0 aliphatic rings. The Labute approximate surface area is 142 Å². The minimum atomic E-state index is -1.06. The van der Waals surface area contributed by atoms with Gasteiger partial charge in [0.2, 0.25) is 0 Å². The zero-order valence-electron chi connectivity index (χ0n) is 14.8. The van der Waals surface area contributed by atoms with Crippen molar-refractivity contribution in [2.24, 2.45) is 12.0 Å². The average Bonchev–Trinajstić information content (AvgIpc) is 3.14. The third-order valence-corrected chi connectivity index (χ3v) is 3.61. The van der Waals surface area contributed by atoms with Gasteiger partial charge < -0.3 is 15.7 Å². The third-order valence-electron chi connectivity index (χ3n) is 3.61. The molecule has 2 aromatic heterocycles. The van der Waals surface area contributed by atoms with E-state index in [4.69, 9.17) is 0 Å². The average molecular weight is 333 g/mol. The quantitative estimate of drug-likeness (QED) is 0.503. The van der Waals surface area contributed by atoms with Gasteiger partial charge in [0, 0.05) is 38.1 Å². The zero-order valence-corrected chi connectivity index (χ0v) is 14.8. The molecule has 0 radical (unpaired) electrons. The highest BCUT2D eigenvalue weighted by atomic mass is 16.3. The Morgan fingerprint density at radius 2 is 2.08 bits per heavy atom. The maximum absolute atomic E-state index is 10.6. The molecule has 0 saturated heterocycles. The Morgan fingerprint density at radius 3 is 2.67 bits per heavy atom. The lowest BCUT2D eigenvalue weighted by atomic mass is 10.0. The molecule has 0 aliphatic heterocycles. The SMILES string of the molecule is CCNC(=NCC(C)(O)c1cnn(C)c1)NCCn1cc(C)cn1. The molecule has 0 amide bonds. The van der Waals surface area contributed by atoms with E-state index in [0.717, 1.165) is 24.2 Å². The summed E-state index contributed by atoms with van der Waals surface area (Å²) in [5.74, 6) is 0.672. The molecule has 0 fully saturated rings. The van der Waals surface area contributed by atoms with Crippen molar-refractivity contribution in [3.05, 3.63) is 35.9 Å². The summed E-state index contributed by atoms with van der Waals surface area (Å²) in [5, 5.41) is 25.4. The summed E-state index contributed by atoms with van der Waals surface area (Å²) in [6.45, 7) is 8.20. The Bertz CT molecular complexity index is 672. The highest BCUT2D eigenvalue weighted by Gasteiger charge is 2.24. The molecule has 0 aliphatic carbocycles. The van der Waals surface area contributed by atoms with Crippen molar-refractivity contribution in [3.8, 4) is 0 Å². The van der Waals surface area contributed by atoms with Gasteiger partial charge in [-0.2, -0.15) is 10.2 Å². The molecule has 1 unspecified atom stereocenters. The topological polar surface area (TPSA) is 92.3 Å². The monoisotopic (exact) mass is 333 g/mol. The number of hydrogen-bond acceptors (Lipinski definition) is 4. The van der Waals surface area contributed by atoms with Gasteiger partial charge in [-0.3, -0.25) is 9.36 Å². The second kappa shape index (κ2) is 7.96. The molecule has 24 heavy (non-hydrogen) atoms. The van der Waals surface area contributed by atoms with Gasteiger partial charge in [0.05, 0.1) is 25.5 Å². The fourth-order valence-electron chi connectivity index (χ4n) is 2.24. The largest absolute Gasteiger partial charge is 0.383 e. The van der Waals surface area contributed by atoms with Crippen LogP contribution in [0.4, 0.5) is 0 Å². The van der Waals surface area contributed by atoms with Gasteiger partial charge in [0.1, 0.15) is 5.60 Å². The highest BCUT2D eigenvalue weighted by molar-refractivity contribution is 5.79. The predicted molar refractivity (Wildman–Crippen MR) is 93.7 cm³/mol. The van der Waals surface area contributed by atoms with E-state index in [1.807, 2.05) is 38.0 Å². The highest BCUT2D eigenvalue weighted by Crippen LogP contribution is 2.19. The number of guanidine groups is 1. The van der Waals surface area contributed by atoms with E-state index in [1.54, 1.807) is 24.0 Å². The molecule has 8 nitrogen and oxygen atoms in total. The van der Waals surface area contributed by atoms with Gasteiger partial charge in [-0.1, -0.05) is 0 Å². The Morgan fingerprint density at radius 1 is 1.29 bits per heavy atom. The van der Waals surface area contributed by atoms with Crippen LogP contribution in [0.15, 0.2) is 29.8 Å². The molecule has 8 heteroatoms. The van der Waals surface area contributed by atoms with Gasteiger partial charge in [-0.15, -0.1) is 0 Å². The molecule has 132 valence electrons. The van der Waals surface area contributed by atoms with E-state index < -0.39 is 5.60 Å². The number of nitrogens with zero attached hydrogens (tertiary/aromatic N) is 5. The molecule has 1 atom stereocenters. The molecule has 2 aromatic rings. The first-order chi connectivity index (χ1) is 11.4. The van der Waals surface area contributed by atoms with E-state index in [2.05, 4.69) is 25.8 Å². The summed E-state index contributed by atoms with van der Waals surface area (Å²) >= 11 is 0. The van der Waals surface area contributed by atoms with Crippen LogP contribution < -0.4 is 10.6 Å². The number of aliphatic imine (C=N–C) groups is 1. The lowest BCUT2D eigenvalue weighted by Gasteiger charge is -2.20. The molecule has 0 saturated carbocycles. The smallest absolute Gasteiger partial charge is 0.191 e. The van der Waals surface area contributed by atoms with E-state index >= 15 is 0 Å². The Kier molecular flexibility index (Phi) is 5.97. The van der Waals surface area contributed by atoms with Crippen molar-refractivity contribution < 1.29 is 5.11 Å². The van der Waals surface area contributed by atoms with E-state index in [1.165, 1.54) is 0 Å². The predicted octanol–water partition coefficient (Wildman–Crippen LogP) is 0.388. The summed E-state index contributed by atoms with van der Waals surface area (Å²) < 4.78 is 3.56. The van der Waals surface area contributed by atoms with Crippen LogP contribution in [0.5, 0.6) is 0 Å².